The number of carbonyl (C=O) groups is 2. The topological polar surface area (TPSA) is 83.6 Å². The number of carboxylic acid groups (broad SMARTS) is 1. The predicted octanol–water partition coefficient (Wildman–Crippen LogP) is 3.04. The molecular formula is C16H32N2O3. The van der Waals surface area contributed by atoms with Crippen molar-refractivity contribution in [3.8, 4) is 0 Å². The smallest absolute Gasteiger partial charge is 0.308 e. The van der Waals surface area contributed by atoms with Crippen LogP contribution in [0.1, 0.15) is 66.2 Å². The molecule has 0 aliphatic carbocycles. The molecule has 5 nitrogen and oxygen atoms in total. The summed E-state index contributed by atoms with van der Waals surface area (Å²) >= 11 is 0. The zero-order chi connectivity index (χ0) is 16.4. The van der Waals surface area contributed by atoms with E-state index in [1.807, 2.05) is 13.8 Å². The van der Waals surface area contributed by atoms with E-state index in [1.54, 1.807) is 0 Å². The summed E-state index contributed by atoms with van der Waals surface area (Å²) in [5, 5.41) is 10.4. The monoisotopic (exact) mass is 300 g/mol. The molecule has 0 fully saturated rings. The first kappa shape index (κ1) is 19.9. The predicted molar refractivity (Wildman–Crippen MR) is 84.4 cm³/mol. The maximum absolute atomic E-state index is 11.9. The zero-order valence-corrected chi connectivity index (χ0v) is 14.0. The van der Waals surface area contributed by atoms with Crippen LogP contribution in [0.5, 0.6) is 0 Å². The van der Waals surface area contributed by atoms with Crippen LogP contribution >= 0.6 is 0 Å². The minimum absolute atomic E-state index is 0.102. The van der Waals surface area contributed by atoms with E-state index in [-0.39, 0.29) is 12.5 Å². The van der Waals surface area contributed by atoms with Gasteiger partial charge in [-0.2, -0.15) is 0 Å². The highest BCUT2D eigenvalue weighted by atomic mass is 16.4. The standard InChI is InChI=1S/C16H32N2O3/c1-5-6-13(4)8-9-14(16(20)21)11-18(17)15(19)10-7-12(2)3/h12-14H,5-11,17H2,1-4H3,(H,20,21). The quantitative estimate of drug-likeness (QED) is 0.349. The number of hydrazine groups is 1. The summed E-state index contributed by atoms with van der Waals surface area (Å²) < 4.78 is 0. The van der Waals surface area contributed by atoms with Gasteiger partial charge in [-0.05, 0) is 31.1 Å². The average Bonchev–Trinajstić information content (AvgIpc) is 2.40. The van der Waals surface area contributed by atoms with Gasteiger partial charge < -0.3 is 5.11 Å². The van der Waals surface area contributed by atoms with Gasteiger partial charge in [-0.25, -0.2) is 5.84 Å². The minimum Gasteiger partial charge on any atom is -0.481 e. The molecule has 2 unspecified atom stereocenters. The summed E-state index contributed by atoms with van der Waals surface area (Å²) in [6.45, 7) is 8.45. The van der Waals surface area contributed by atoms with E-state index >= 15 is 0 Å². The molecule has 0 rings (SSSR count). The van der Waals surface area contributed by atoms with Crippen LogP contribution in [0, 0.1) is 17.8 Å². The van der Waals surface area contributed by atoms with Gasteiger partial charge >= 0.3 is 5.97 Å². The number of hydrogen-bond donors (Lipinski definition) is 2. The Morgan fingerprint density at radius 1 is 1.10 bits per heavy atom. The number of nitrogens with zero attached hydrogens (tertiary/aromatic N) is 1. The highest BCUT2D eigenvalue weighted by Crippen LogP contribution is 2.18. The van der Waals surface area contributed by atoms with Gasteiger partial charge in [0.15, 0.2) is 0 Å². The molecule has 3 N–H and O–H groups in total. The van der Waals surface area contributed by atoms with E-state index in [4.69, 9.17) is 5.84 Å². The Kier molecular flexibility index (Phi) is 10.0. The lowest BCUT2D eigenvalue weighted by Crippen LogP contribution is -2.42. The normalized spacial score (nSPS) is 14.0. The van der Waals surface area contributed by atoms with E-state index in [9.17, 15) is 14.7 Å². The van der Waals surface area contributed by atoms with Gasteiger partial charge in [0, 0.05) is 6.42 Å². The van der Waals surface area contributed by atoms with Crippen molar-refractivity contribution < 1.29 is 14.7 Å². The Hall–Kier alpha value is -1.10. The Morgan fingerprint density at radius 3 is 2.19 bits per heavy atom. The molecule has 124 valence electrons. The first-order chi connectivity index (χ1) is 9.77. The third-order valence-corrected chi connectivity index (χ3v) is 3.81. The minimum atomic E-state index is -0.870. The molecule has 2 atom stereocenters. The molecule has 0 spiro atoms. The van der Waals surface area contributed by atoms with E-state index in [0.29, 0.717) is 24.7 Å². The van der Waals surface area contributed by atoms with Crippen LogP contribution in [0.4, 0.5) is 0 Å². The van der Waals surface area contributed by atoms with Crippen molar-refractivity contribution in [2.75, 3.05) is 6.54 Å². The number of rotatable bonds is 11. The lowest BCUT2D eigenvalue weighted by atomic mass is 9.94. The molecule has 5 heteroatoms. The number of amides is 1. The van der Waals surface area contributed by atoms with Crippen molar-refractivity contribution in [2.45, 2.75) is 66.2 Å². The SMILES string of the molecule is CCCC(C)CCC(CN(N)C(=O)CCC(C)C)C(=O)O. The van der Waals surface area contributed by atoms with Crippen LogP contribution in [0.2, 0.25) is 0 Å². The number of aliphatic carboxylic acids is 1. The van der Waals surface area contributed by atoms with Gasteiger partial charge in [0.05, 0.1) is 12.5 Å². The van der Waals surface area contributed by atoms with Crippen molar-refractivity contribution in [2.24, 2.45) is 23.6 Å². The van der Waals surface area contributed by atoms with Crippen LogP contribution in [-0.4, -0.2) is 28.5 Å². The van der Waals surface area contributed by atoms with Crippen LogP contribution in [0.15, 0.2) is 0 Å². The fraction of sp³-hybridized carbons (Fsp3) is 0.875. The third kappa shape index (κ3) is 9.45. The van der Waals surface area contributed by atoms with Crippen molar-refractivity contribution >= 4 is 11.9 Å². The van der Waals surface area contributed by atoms with E-state index in [1.165, 1.54) is 0 Å². The summed E-state index contributed by atoms with van der Waals surface area (Å²) in [6, 6.07) is 0. The molecule has 0 radical (unpaired) electrons. The van der Waals surface area contributed by atoms with Gasteiger partial charge in [-0.3, -0.25) is 14.6 Å². The average molecular weight is 300 g/mol. The van der Waals surface area contributed by atoms with Gasteiger partial charge in [-0.15, -0.1) is 0 Å². The fourth-order valence-corrected chi connectivity index (χ4v) is 2.31. The summed E-state index contributed by atoms with van der Waals surface area (Å²) in [5.74, 6) is 5.07. The molecule has 0 saturated heterocycles. The van der Waals surface area contributed by atoms with Gasteiger partial charge in [0.25, 0.3) is 0 Å². The van der Waals surface area contributed by atoms with Crippen molar-refractivity contribution in [1.82, 2.24) is 5.01 Å². The lowest BCUT2D eigenvalue weighted by Gasteiger charge is -2.22. The molecular weight excluding hydrogens is 268 g/mol. The van der Waals surface area contributed by atoms with Gasteiger partial charge in [0.2, 0.25) is 5.91 Å². The van der Waals surface area contributed by atoms with Crippen LogP contribution < -0.4 is 5.84 Å². The second-order valence-electron chi connectivity index (χ2n) is 6.48. The largest absolute Gasteiger partial charge is 0.481 e. The Labute approximate surface area is 128 Å². The maximum atomic E-state index is 11.9. The fourth-order valence-electron chi connectivity index (χ4n) is 2.31. The summed E-state index contributed by atoms with van der Waals surface area (Å²) in [4.78, 5) is 23.2. The molecule has 21 heavy (non-hydrogen) atoms. The second kappa shape index (κ2) is 10.6. The highest BCUT2D eigenvalue weighted by molar-refractivity contribution is 5.77. The van der Waals surface area contributed by atoms with Crippen molar-refractivity contribution in [1.29, 1.82) is 0 Å². The molecule has 0 heterocycles. The first-order valence-electron chi connectivity index (χ1n) is 8.05. The molecule has 0 aromatic rings. The molecule has 1 amide bonds. The number of nitrogens with two attached hydrogens (primary N) is 1. The molecule has 0 aromatic carbocycles. The Bertz CT molecular complexity index is 319. The van der Waals surface area contributed by atoms with E-state index in [0.717, 1.165) is 30.7 Å². The Morgan fingerprint density at radius 2 is 1.71 bits per heavy atom. The molecule has 0 bridgehead atoms. The third-order valence-electron chi connectivity index (χ3n) is 3.81. The lowest BCUT2D eigenvalue weighted by molar-refractivity contribution is -0.144. The van der Waals surface area contributed by atoms with Crippen LogP contribution in [0.3, 0.4) is 0 Å². The maximum Gasteiger partial charge on any atom is 0.308 e. The first-order valence-corrected chi connectivity index (χ1v) is 8.05. The number of carboxylic acids is 1. The highest BCUT2D eigenvalue weighted by Gasteiger charge is 2.23. The Balaban J connectivity index is 4.29. The summed E-state index contributed by atoms with van der Waals surface area (Å²) in [6.07, 6.45) is 4.80. The molecule has 0 saturated carbocycles. The van der Waals surface area contributed by atoms with Gasteiger partial charge in [0.1, 0.15) is 0 Å². The van der Waals surface area contributed by atoms with Crippen molar-refractivity contribution in [3.05, 3.63) is 0 Å². The van der Waals surface area contributed by atoms with E-state index in [2.05, 4.69) is 13.8 Å². The second-order valence-corrected chi connectivity index (χ2v) is 6.48. The van der Waals surface area contributed by atoms with Crippen molar-refractivity contribution in [3.63, 3.8) is 0 Å². The molecule has 0 aromatic heterocycles. The number of hydrogen-bond acceptors (Lipinski definition) is 3. The van der Waals surface area contributed by atoms with Crippen LogP contribution in [-0.2, 0) is 9.59 Å². The zero-order valence-electron chi connectivity index (χ0n) is 14.0. The molecule has 0 aliphatic heterocycles. The summed E-state index contributed by atoms with van der Waals surface area (Å²) in [7, 11) is 0. The van der Waals surface area contributed by atoms with E-state index < -0.39 is 11.9 Å². The number of carbonyl (C=O) groups excluding carboxylic acids is 1. The summed E-state index contributed by atoms with van der Waals surface area (Å²) in [5.41, 5.74) is 0. The van der Waals surface area contributed by atoms with Crippen LogP contribution in [0.25, 0.3) is 0 Å². The van der Waals surface area contributed by atoms with Gasteiger partial charge in [-0.1, -0.05) is 40.5 Å². The molecule has 0 aliphatic rings.